The zero-order valence-electron chi connectivity index (χ0n) is 17.4. The van der Waals surface area contributed by atoms with Gasteiger partial charge < -0.3 is 9.64 Å². The van der Waals surface area contributed by atoms with Crippen LogP contribution in [-0.2, 0) is 21.2 Å². The van der Waals surface area contributed by atoms with Crippen LogP contribution in [0, 0.1) is 0 Å². The summed E-state index contributed by atoms with van der Waals surface area (Å²) in [5.41, 5.74) is 1.12. The fourth-order valence-electron chi connectivity index (χ4n) is 4.21. The van der Waals surface area contributed by atoms with Crippen LogP contribution in [0.2, 0.25) is 0 Å². The van der Waals surface area contributed by atoms with Gasteiger partial charge >= 0.3 is 0 Å². The number of ether oxygens (including phenoxy) is 1. The minimum Gasteiger partial charge on any atom is -0.490 e. The second-order valence-electron chi connectivity index (χ2n) is 8.26. The Morgan fingerprint density at radius 2 is 1.90 bits per heavy atom. The summed E-state index contributed by atoms with van der Waals surface area (Å²) in [6, 6.07) is 8.04. The Hall–Kier alpha value is -1.60. The molecule has 1 aromatic carbocycles. The van der Waals surface area contributed by atoms with Crippen molar-refractivity contribution in [2.24, 2.45) is 0 Å². The number of sulfonamides is 1. The van der Waals surface area contributed by atoms with Crippen LogP contribution in [0.5, 0.6) is 5.75 Å². The predicted molar refractivity (Wildman–Crippen MR) is 114 cm³/mol. The van der Waals surface area contributed by atoms with Crippen LogP contribution in [0.25, 0.3) is 0 Å². The lowest BCUT2D eigenvalue weighted by Gasteiger charge is -2.32. The van der Waals surface area contributed by atoms with Crippen molar-refractivity contribution in [2.75, 3.05) is 18.8 Å². The number of rotatable bonds is 9. The van der Waals surface area contributed by atoms with E-state index in [1.54, 1.807) is 0 Å². The van der Waals surface area contributed by atoms with Gasteiger partial charge in [0.1, 0.15) is 5.75 Å². The highest BCUT2D eigenvalue weighted by Gasteiger charge is 2.25. The Morgan fingerprint density at radius 3 is 2.59 bits per heavy atom. The van der Waals surface area contributed by atoms with E-state index in [1.165, 1.54) is 12.8 Å². The molecule has 0 aromatic heterocycles. The van der Waals surface area contributed by atoms with Crippen molar-refractivity contribution in [2.45, 2.75) is 76.9 Å². The van der Waals surface area contributed by atoms with E-state index in [9.17, 15) is 13.2 Å². The first-order valence-corrected chi connectivity index (χ1v) is 12.6. The maximum Gasteiger partial charge on any atom is 0.222 e. The smallest absolute Gasteiger partial charge is 0.222 e. The van der Waals surface area contributed by atoms with E-state index in [1.807, 2.05) is 30.0 Å². The molecular formula is C22H34N2O4S. The van der Waals surface area contributed by atoms with Gasteiger partial charge in [-0.2, -0.15) is 0 Å². The highest BCUT2D eigenvalue weighted by molar-refractivity contribution is 7.89. The number of hydrogen-bond donors (Lipinski definition) is 1. The maximum atomic E-state index is 12.6. The maximum absolute atomic E-state index is 12.6. The average Bonchev–Trinajstić information content (AvgIpc) is 3.19. The molecule has 6 nitrogen and oxygen atoms in total. The molecule has 1 N–H and O–H groups in total. The van der Waals surface area contributed by atoms with E-state index in [4.69, 9.17) is 4.74 Å². The van der Waals surface area contributed by atoms with Gasteiger partial charge in [0.2, 0.25) is 15.9 Å². The minimum absolute atomic E-state index is 0.0555. The number of carbonyl (C=O) groups excluding carboxylic acids is 1. The molecular weight excluding hydrogens is 388 g/mol. The Balaban J connectivity index is 1.42. The Bertz CT molecular complexity index is 767. The molecule has 3 rings (SSSR count). The Labute approximate surface area is 175 Å². The lowest BCUT2D eigenvalue weighted by Crippen LogP contribution is -2.47. The lowest BCUT2D eigenvalue weighted by atomic mass is 10.0. The van der Waals surface area contributed by atoms with Crippen LogP contribution in [0.1, 0.15) is 63.9 Å². The molecule has 0 radical (unpaired) electrons. The van der Waals surface area contributed by atoms with E-state index in [-0.39, 0.29) is 17.7 Å². The molecule has 0 atom stereocenters. The number of nitrogens with zero attached hydrogens (tertiary/aromatic N) is 1. The normalized spacial score (nSPS) is 18.9. The molecule has 2 aliphatic rings. The molecule has 162 valence electrons. The molecule has 0 unspecified atom stereocenters. The number of benzene rings is 1. The second-order valence-corrected chi connectivity index (χ2v) is 10.1. The number of piperidine rings is 1. The molecule has 0 bridgehead atoms. The zero-order chi connectivity index (χ0) is 20.7. The number of hydrogen-bond acceptors (Lipinski definition) is 4. The van der Waals surface area contributed by atoms with Crippen molar-refractivity contribution < 1.29 is 17.9 Å². The molecule has 1 heterocycles. The van der Waals surface area contributed by atoms with Gasteiger partial charge in [-0.3, -0.25) is 4.79 Å². The molecule has 1 amide bonds. The minimum atomic E-state index is -3.19. The van der Waals surface area contributed by atoms with Gasteiger partial charge in [-0.25, -0.2) is 13.1 Å². The molecule has 1 saturated carbocycles. The summed E-state index contributed by atoms with van der Waals surface area (Å²) in [7, 11) is -3.19. The van der Waals surface area contributed by atoms with Crippen molar-refractivity contribution in [3.05, 3.63) is 29.8 Å². The molecule has 0 spiro atoms. The van der Waals surface area contributed by atoms with Gasteiger partial charge in [0, 0.05) is 25.6 Å². The number of aryl methyl sites for hydroxylation is 1. The molecule has 1 aromatic rings. The fourth-order valence-corrected chi connectivity index (χ4v) is 5.61. The topological polar surface area (TPSA) is 75.7 Å². The van der Waals surface area contributed by atoms with Crippen molar-refractivity contribution >= 4 is 15.9 Å². The van der Waals surface area contributed by atoms with E-state index in [0.717, 1.165) is 24.2 Å². The molecule has 1 aliphatic carbocycles. The van der Waals surface area contributed by atoms with E-state index >= 15 is 0 Å². The Kier molecular flexibility index (Phi) is 7.95. The zero-order valence-corrected chi connectivity index (χ0v) is 18.3. The first kappa shape index (κ1) is 22.1. The quantitative estimate of drug-likeness (QED) is 0.663. The van der Waals surface area contributed by atoms with Crippen LogP contribution in [0.3, 0.4) is 0 Å². The highest BCUT2D eigenvalue weighted by atomic mass is 32.2. The summed E-state index contributed by atoms with van der Waals surface area (Å²) in [5.74, 6) is 1.21. The van der Waals surface area contributed by atoms with Gasteiger partial charge in [-0.05, 0) is 69.1 Å². The molecule has 1 aliphatic heterocycles. The van der Waals surface area contributed by atoms with Crippen LogP contribution < -0.4 is 9.46 Å². The summed E-state index contributed by atoms with van der Waals surface area (Å²) >= 11 is 0. The van der Waals surface area contributed by atoms with Gasteiger partial charge in [-0.1, -0.05) is 19.1 Å². The summed E-state index contributed by atoms with van der Waals surface area (Å²) in [4.78, 5) is 14.5. The Morgan fingerprint density at radius 1 is 1.17 bits per heavy atom. The third-order valence-corrected chi connectivity index (χ3v) is 7.44. The van der Waals surface area contributed by atoms with Gasteiger partial charge in [0.05, 0.1) is 11.9 Å². The monoisotopic (exact) mass is 422 g/mol. The largest absolute Gasteiger partial charge is 0.490 e. The molecule has 1 saturated heterocycles. The number of nitrogens with one attached hydrogen (secondary N) is 1. The van der Waals surface area contributed by atoms with Crippen molar-refractivity contribution in [3.8, 4) is 5.75 Å². The van der Waals surface area contributed by atoms with Crippen molar-refractivity contribution in [1.82, 2.24) is 9.62 Å². The van der Waals surface area contributed by atoms with Crippen molar-refractivity contribution in [1.29, 1.82) is 0 Å². The van der Waals surface area contributed by atoms with Crippen LogP contribution in [0.4, 0.5) is 0 Å². The summed E-state index contributed by atoms with van der Waals surface area (Å²) in [6.07, 6.45) is 8.23. The van der Waals surface area contributed by atoms with Gasteiger partial charge in [0.25, 0.3) is 0 Å². The number of amides is 1. The van der Waals surface area contributed by atoms with Gasteiger partial charge in [-0.15, -0.1) is 0 Å². The number of carbonyl (C=O) groups is 1. The van der Waals surface area contributed by atoms with Crippen molar-refractivity contribution in [3.63, 3.8) is 0 Å². The van der Waals surface area contributed by atoms with E-state index in [0.29, 0.717) is 51.3 Å². The summed E-state index contributed by atoms with van der Waals surface area (Å²) < 4.78 is 32.6. The summed E-state index contributed by atoms with van der Waals surface area (Å²) in [5, 5.41) is 0. The standard InChI is InChI=1S/C22H34N2O4S/c1-2-16-29(26,27)23-19-12-14-24(15-13-19)22(25)11-10-18-6-5-9-21(17-18)28-20-7-3-4-8-20/h5-6,9,17,19-20,23H,2-4,7-8,10-16H2,1H3. The van der Waals surface area contributed by atoms with E-state index in [2.05, 4.69) is 10.8 Å². The third-order valence-electron chi connectivity index (χ3n) is 5.80. The molecule has 29 heavy (non-hydrogen) atoms. The van der Waals surface area contributed by atoms with Crippen LogP contribution in [0.15, 0.2) is 24.3 Å². The lowest BCUT2D eigenvalue weighted by molar-refractivity contribution is -0.132. The second kappa shape index (κ2) is 10.4. The van der Waals surface area contributed by atoms with Crippen LogP contribution >= 0.6 is 0 Å². The SMILES string of the molecule is CCCS(=O)(=O)NC1CCN(C(=O)CCc2cccc(OC3CCCC3)c2)CC1. The number of likely N-dealkylation sites (tertiary alicyclic amines) is 1. The molecule has 2 fully saturated rings. The highest BCUT2D eigenvalue weighted by Crippen LogP contribution is 2.25. The molecule has 7 heteroatoms. The van der Waals surface area contributed by atoms with E-state index < -0.39 is 10.0 Å². The van der Waals surface area contributed by atoms with Crippen LogP contribution in [-0.4, -0.2) is 50.2 Å². The average molecular weight is 423 g/mol. The van der Waals surface area contributed by atoms with Gasteiger partial charge in [0.15, 0.2) is 0 Å². The first-order valence-electron chi connectivity index (χ1n) is 11.0. The summed E-state index contributed by atoms with van der Waals surface area (Å²) in [6.45, 7) is 3.09. The first-order chi connectivity index (χ1) is 13.9. The predicted octanol–water partition coefficient (Wildman–Crippen LogP) is 3.26. The fraction of sp³-hybridized carbons (Fsp3) is 0.682. The third kappa shape index (κ3) is 7.00.